The summed E-state index contributed by atoms with van der Waals surface area (Å²) in [6.45, 7) is -12.2. The molecule has 0 atom stereocenters. The van der Waals surface area contributed by atoms with Gasteiger partial charge in [-0.1, -0.05) is 0 Å². The maximum Gasteiger partial charge on any atom is 0.133 e. The van der Waals surface area contributed by atoms with Gasteiger partial charge in [0.2, 0.25) is 0 Å². The molecule has 0 N–H and O–H groups in total. The Bertz CT molecular complexity index is 542. The molecule has 1 aromatic heterocycles. The monoisotopic (exact) mass is 251 g/mol. The van der Waals surface area contributed by atoms with Crippen LogP contribution in [0, 0.1) is 0 Å². The molecule has 0 bridgehead atoms. The molecule has 0 saturated carbocycles. The van der Waals surface area contributed by atoms with Gasteiger partial charge in [0.25, 0.3) is 0 Å². The number of hydrogen-bond acceptors (Lipinski definition) is 4. The van der Waals surface area contributed by atoms with Gasteiger partial charge in [-0.05, 0) is 15.9 Å². The molecule has 1 aliphatic rings. The molecular weight excluding hydrogens is 234 g/mol. The molecule has 0 amide bonds. The van der Waals surface area contributed by atoms with E-state index >= 15 is 0 Å². The van der Waals surface area contributed by atoms with Crippen molar-refractivity contribution in [2.45, 2.75) is 0 Å². The minimum Gasteiger partial charge on any atom is -0.378 e. The minimum atomic E-state index is -3.10. The number of anilines is 1. The maximum atomic E-state index is 7.84. The molecule has 13 heavy (non-hydrogen) atoms. The quantitative estimate of drug-likeness (QED) is 0.701. The third kappa shape index (κ3) is 2.16. The van der Waals surface area contributed by atoms with Crippen LogP contribution in [0.15, 0.2) is 17.0 Å². The molecule has 70 valence electrons. The fourth-order valence-electron chi connectivity index (χ4n) is 0.751. The Hall–Kier alpha value is -0.680. The average Bonchev–Trinajstić information content (AvgIpc) is 2.24. The van der Waals surface area contributed by atoms with Crippen LogP contribution in [-0.4, -0.2) is 36.1 Å². The van der Waals surface area contributed by atoms with Crippen molar-refractivity contribution in [3.63, 3.8) is 0 Å². The summed E-state index contributed by atoms with van der Waals surface area (Å²) in [7, 11) is 0. The molecule has 1 aromatic rings. The van der Waals surface area contributed by atoms with Crippen LogP contribution in [0.25, 0.3) is 0 Å². The smallest absolute Gasteiger partial charge is 0.133 e. The second-order valence-corrected chi connectivity index (χ2v) is 2.88. The lowest BCUT2D eigenvalue weighted by atomic mass is 10.4. The Kier molecular flexibility index (Phi) is 1.07. The first kappa shape index (κ1) is 3.47. The Morgan fingerprint density at radius 3 is 2.92 bits per heavy atom. The molecule has 0 radical (unpaired) electrons. The summed E-state index contributed by atoms with van der Waals surface area (Å²) in [5, 5.41) is 0. The highest BCUT2D eigenvalue weighted by atomic mass is 79.9. The van der Waals surface area contributed by atoms with Crippen LogP contribution in [0.2, 0.25) is 0 Å². The van der Waals surface area contributed by atoms with E-state index in [1.165, 1.54) is 0 Å². The summed E-state index contributed by atoms with van der Waals surface area (Å²) < 4.78 is 66.2. The third-order valence-corrected chi connectivity index (χ3v) is 1.70. The Balaban J connectivity index is 2.67. The summed E-state index contributed by atoms with van der Waals surface area (Å²) in [6.07, 6.45) is 1.02. The number of ether oxygens (including phenoxy) is 1. The zero-order valence-electron chi connectivity index (χ0n) is 14.3. The zero-order chi connectivity index (χ0) is 16.3. The van der Waals surface area contributed by atoms with Gasteiger partial charge in [-0.25, -0.2) is 9.97 Å². The fourth-order valence-corrected chi connectivity index (χ4v) is 1.05. The van der Waals surface area contributed by atoms with Crippen molar-refractivity contribution < 1.29 is 15.7 Å². The summed E-state index contributed by atoms with van der Waals surface area (Å²) in [6, 6.07) is 1.16. The summed E-state index contributed by atoms with van der Waals surface area (Å²) in [5.74, 6) is -0.317. The van der Waals surface area contributed by atoms with Gasteiger partial charge < -0.3 is 9.64 Å². The van der Waals surface area contributed by atoms with E-state index in [1.54, 1.807) is 0 Å². The Labute approximate surface area is 96.3 Å². The van der Waals surface area contributed by atoms with Crippen LogP contribution in [0.4, 0.5) is 5.82 Å². The van der Waals surface area contributed by atoms with Gasteiger partial charge in [0.05, 0.1) is 24.1 Å². The van der Waals surface area contributed by atoms with Crippen LogP contribution in [-0.2, 0) is 4.74 Å². The van der Waals surface area contributed by atoms with Gasteiger partial charge in [0, 0.05) is 19.1 Å². The molecule has 1 aliphatic heterocycles. The topological polar surface area (TPSA) is 38.2 Å². The second-order valence-electron chi connectivity index (χ2n) is 2.06. The molecular formula is C8H10BrN3O. The average molecular weight is 252 g/mol. The van der Waals surface area contributed by atoms with Crippen LogP contribution < -0.4 is 4.90 Å². The first-order chi connectivity index (χ1) is 9.33. The van der Waals surface area contributed by atoms with Crippen LogP contribution in [0.3, 0.4) is 0 Å². The summed E-state index contributed by atoms with van der Waals surface area (Å²) >= 11 is 3.02. The third-order valence-electron chi connectivity index (χ3n) is 1.27. The molecule has 2 rings (SSSR count). The Morgan fingerprint density at radius 1 is 1.46 bits per heavy atom. The van der Waals surface area contributed by atoms with Crippen molar-refractivity contribution in [3.8, 4) is 0 Å². The standard InChI is InChI=1S/C8H10BrN3O/c9-7-5-8(11-6-10-7)12-1-3-13-4-2-12/h5-6H,1-4H2/i1D2,2D2,3D2,4D2. The lowest BCUT2D eigenvalue weighted by Crippen LogP contribution is -2.36. The van der Waals surface area contributed by atoms with Crippen molar-refractivity contribution in [2.24, 2.45) is 0 Å². The van der Waals surface area contributed by atoms with E-state index in [0.717, 1.165) is 12.4 Å². The number of rotatable bonds is 1. The van der Waals surface area contributed by atoms with Crippen molar-refractivity contribution in [1.29, 1.82) is 0 Å². The van der Waals surface area contributed by atoms with E-state index in [1.807, 2.05) is 0 Å². The number of halogens is 1. The molecule has 0 unspecified atom stereocenters. The van der Waals surface area contributed by atoms with Crippen molar-refractivity contribution in [1.82, 2.24) is 9.97 Å². The number of hydrogen-bond donors (Lipinski definition) is 0. The predicted molar refractivity (Wildman–Crippen MR) is 52.8 cm³/mol. The highest BCUT2D eigenvalue weighted by molar-refractivity contribution is 9.10. The van der Waals surface area contributed by atoms with E-state index < -0.39 is 26.1 Å². The Morgan fingerprint density at radius 2 is 2.23 bits per heavy atom. The molecule has 5 heteroatoms. The maximum absolute atomic E-state index is 7.84. The van der Waals surface area contributed by atoms with Gasteiger partial charge in [-0.3, -0.25) is 0 Å². The van der Waals surface area contributed by atoms with E-state index in [-0.39, 0.29) is 15.3 Å². The highest BCUT2D eigenvalue weighted by Gasteiger charge is 2.12. The molecule has 1 fully saturated rings. The van der Waals surface area contributed by atoms with Gasteiger partial charge in [-0.2, -0.15) is 0 Å². The lowest BCUT2D eigenvalue weighted by Gasteiger charge is -2.27. The molecule has 1 saturated heterocycles. The SMILES string of the molecule is [2H]C1([2H])OC([2H])([2H])C([2H])([2H])N(c2cc(Br)ncn2)C1([2H])[2H]. The van der Waals surface area contributed by atoms with Crippen LogP contribution in [0.1, 0.15) is 11.0 Å². The van der Waals surface area contributed by atoms with Gasteiger partial charge in [0.15, 0.2) is 0 Å². The number of morpholine rings is 1. The molecule has 2 heterocycles. The lowest BCUT2D eigenvalue weighted by molar-refractivity contribution is 0.122. The molecule has 0 aromatic carbocycles. The zero-order valence-corrected chi connectivity index (χ0v) is 7.87. The first-order valence-corrected chi connectivity index (χ1v) is 4.10. The van der Waals surface area contributed by atoms with Crippen molar-refractivity contribution in [2.75, 3.05) is 31.0 Å². The fraction of sp³-hybridized carbons (Fsp3) is 0.500. The summed E-state index contributed by atoms with van der Waals surface area (Å²) in [4.78, 5) is 7.71. The van der Waals surface area contributed by atoms with Crippen molar-refractivity contribution in [3.05, 3.63) is 17.0 Å². The van der Waals surface area contributed by atoms with Gasteiger partial charge >= 0.3 is 0 Å². The number of aromatic nitrogens is 2. The van der Waals surface area contributed by atoms with Gasteiger partial charge in [0.1, 0.15) is 16.7 Å². The van der Waals surface area contributed by atoms with E-state index in [4.69, 9.17) is 11.0 Å². The van der Waals surface area contributed by atoms with Crippen molar-refractivity contribution >= 4 is 21.7 Å². The second kappa shape index (κ2) is 4.02. The summed E-state index contributed by atoms with van der Waals surface area (Å²) in [5.41, 5.74) is 0. The minimum absolute atomic E-state index is 0.215. The highest BCUT2D eigenvalue weighted by Crippen LogP contribution is 2.15. The molecule has 0 spiro atoms. The first-order valence-electron chi connectivity index (χ1n) is 7.31. The largest absolute Gasteiger partial charge is 0.378 e. The normalized spacial score (nSPS) is 42.1. The predicted octanol–water partition coefficient (Wildman–Crippen LogP) is 1.08. The van der Waals surface area contributed by atoms with Gasteiger partial charge in [-0.15, -0.1) is 0 Å². The van der Waals surface area contributed by atoms with Crippen LogP contribution >= 0.6 is 15.9 Å². The van der Waals surface area contributed by atoms with E-state index in [2.05, 4.69) is 30.6 Å². The van der Waals surface area contributed by atoms with Crippen LogP contribution in [0.5, 0.6) is 0 Å². The molecule has 0 aliphatic carbocycles. The van der Waals surface area contributed by atoms with E-state index in [0.29, 0.717) is 0 Å². The van der Waals surface area contributed by atoms with E-state index in [9.17, 15) is 0 Å². The number of nitrogens with zero attached hydrogens (tertiary/aromatic N) is 3. The molecule has 4 nitrogen and oxygen atoms in total.